The Morgan fingerprint density at radius 1 is 1.27 bits per heavy atom. The lowest BCUT2D eigenvalue weighted by molar-refractivity contribution is -0.194. The van der Waals surface area contributed by atoms with E-state index in [1.807, 2.05) is 0 Å². The monoisotopic (exact) mass is 205 g/mol. The molecule has 4 fully saturated rings. The highest BCUT2D eigenvalue weighted by atomic mass is 16.3. The molecule has 0 heterocycles. The van der Waals surface area contributed by atoms with Gasteiger partial charge in [0.25, 0.3) is 0 Å². The molecule has 0 saturated heterocycles. The molecule has 4 rings (SSSR count). The third-order valence-electron chi connectivity index (χ3n) is 5.27. The van der Waals surface area contributed by atoms with Gasteiger partial charge < -0.3 is 5.11 Å². The Balaban J connectivity index is 1.94. The molecule has 4 aliphatic rings. The van der Waals surface area contributed by atoms with Crippen molar-refractivity contribution in [3.8, 4) is 6.07 Å². The fourth-order valence-corrected chi connectivity index (χ4v) is 4.88. The van der Waals surface area contributed by atoms with Crippen LogP contribution in [-0.2, 0) is 0 Å². The maximum atomic E-state index is 10.7. The molecule has 0 amide bonds. The van der Waals surface area contributed by atoms with E-state index >= 15 is 0 Å². The van der Waals surface area contributed by atoms with E-state index in [2.05, 4.69) is 13.0 Å². The summed E-state index contributed by atoms with van der Waals surface area (Å²) >= 11 is 0. The van der Waals surface area contributed by atoms with Gasteiger partial charge in [0.15, 0.2) is 0 Å². The standard InChI is InChI=1S/C13H19NO/c1-12-6-9-4-10(7-12)13(15,2-3-14)11(5-9)8-12/h9-11,15H,2,4-8H2,1H3. The Kier molecular flexibility index (Phi) is 1.78. The fraction of sp³-hybridized carbons (Fsp3) is 0.923. The van der Waals surface area contributed by atoms with Gasteiger partial charge in [-0.2, -0.15) is 5.26 Å². The molecule has 0 aromatic carbocycles. The van der Waals surface area contributed by atoms with E-state index in [4.69, 9.17) is 5.26 Å². The van der Waals surface area contributed by atoms with E-state index in [0.717, 1.165) is 18.8 Å². The largest absolute Gasteiger partial charge is 0.388 e. The van der Waals surface area contributed by atoms with Crippen molar-refractivity contribution in [3.63, 3.8) is 0 Å². The topological polar surface area (TPSA) is 44.0 Å². The summed E-state index contributed by atoms with van der Waals surface area (Å²) in [6.45, 7) is 2.38. The number of nitriles is 1. The molecule has 82 valence electrons. The third-order valence-corrected chi connectivity index (χ3v) is 5.27. The molecule has 15 heavy (non-hydrogen) atoms. The lowest BCUT2D eigenvalue weighted by atomic mass is 9.44. The number of nitrogens with zero attached hydrogens (tertiary/aromatic N) is 1. The second kappa shape index (κ2) is 2.77. The summed E-state index contributed by atoms with van der Waals surface area (Å²) in [6, 6.07) is 2.20. The molecule has 0 radical (unpaired) electrons. The quantitative estimate of drug-likeness (QED) is 0.714. The number of aliphatic hydroxyl groups is 1. The van der Waals surface area contributed by atoms with Crippen molar-refractivity contribution in [2.45, 2.75) is 51.0 Å². The van der Waals surface area contributed by atoms with Gasteiger partial charge in [0.1, 0.15) is 0 Å². The van der Waals surface area contributed by atoms with Gasteiger partial charge in [-0.05, 0) is 55.3 Å². The van der Waals surface area contributed by atoms with Crippen LogP contribution in [0.25, 0.3) is 0 Å². The summed E-state index contributed by atoms with van der Waals surface area (Å²) in [6.07, 6.45) is 6.36. The smallest absolute Gasteiger partial charge is 0.0833 e. The van der Waals surface area contributed by atoms with Crippen LogP contribution in [0.2, 0.25) is 0 Å². The second-order valence-electron chi connectivity index (χ2n) is 6.48. The minimum atomic E-state index is -0.634. The van der Waals surface area contributed by atoms with E-state index in [9.17, 15) is 5.11 Å². The van der Waals surface area contributed by atoms with Crippen molar-refractivity contribution in [1.82, 2.24) is 0 Å². The zero-order chi connectivity index (χ0) is 10.7. The molecule has 4 saturated carbocycles. The predicted molar refractivity (Wildman–Crippen MR) is 56.8 cm³/mol. The maximum Gasteiger partial charge on any atom is 0.0833 e. The lowest BCUT2D eigenvalue weighted by Crippen LogP contribution is -2.60. The van der Waals surface area contributed by atoms with Crippen LogP contribution in [0.15, 0.2) is 0 Å². The molecule has 4 aliphatic carbocycles. The van der Waals surface area contributed by atoms with Crippen molar-refractivity contribution in [2.24, 2.45) is 23.2 Å². The summed E-state index contributed by atoms with van der Waals surface area (Å²) in [5.41, 5.74) is -0.149. The van der Waals surface area contributed by atoms with Crippen LogP contribution in [0.3, 0.4) is 0 Å². The van der Waals surface area contributed by atoms with Crippen molar-refractivity contribution < 1.29 is 5.11 Å². The first kappa shape index (κ1) is 9.66. The number of hydrogen-bond acceptors (Lipinski definition) is 2. The van der Waals surface area contributed by atoms with Crippen LogP contribution < -0.4 is 0 Å². The lowest BCUT2D eigenvalue weighted by Gasteiger charge is -2.62. The molecular formula is C13H19NO. The van der Waals surface area contributed by atoms with Crippen molar-refractivity contribution in [2.75, 3.05) is 0 Å². The van der Waals surface area contributed by atoms with E-state index in [1.165, 1.54) is 19.3 Å². The highest BCUT2D eigenvalue weighted by Gasteiger charge is 2.59. The van der Waals surface area contributed by atoms with Crippen molar-refractivity contribution >= 4 is 0 Å². The van der Waals surface area contributed by atoms with Gasteiger partial charge >= 0.3 is 0 Å². The normalized spacial score (nSPS) is 56.7. The average Bonchev–Trinajstić information content (AvgIpc) is 2.12. The molecule has 0 spiro atoms. The minimum absolute atomic E-state index is 0.352. The Morgan fingerprint density at radius 2 is 1.87 bits per heavy atom. The zero-order valence-electron chi connectivity index (χ0n) is 9.37. The van der Waals surface area contributed by atoms with Gasteiger partial charge in [0.05, 0.1) is 18.1 Å². The molecule has 0 aliphatic heterocycles. The van der Waals surface area contributed by atoms with Gasteiger partial charge in [-0.25, -0.2) is 0 Å². The Labute approximate surface area is 91.3 Å². The van der Waals surface area contributed by atoms with Crippen LogP contribution in [0.5, 0.6) is 0 Å². The number of rotatable bonds is 1. The van der Waals surface area contributed by atoms with Crippen LogP contribution >= 0.6 is 0 Å². The van der Waals surface area contributed by atoms with E-state index < -0.39 is 5.60 Å². The van der Waals surface area contributed by atoms with E-state index in [0.29, 0.717) is 23.7 Å². The molecule has 2 atom stereocenters. The van der Waals surface area contributed by atoms with Crippen molar-refractivity contribution in [1.29, 1.82) is 5.26 Å². The predicted octanol–water partition coefficient (Wildman–Crippen LogP) is 2.48. The van der Waals surface area contributed by atoms with Crippen molar-refractivity contribution in [3.05, 3.63) is 0 Å². The Hall–Kier alpha value is -0.550. The molecule has 0 aromatic heterocycles. The van der Waals surface area contributed by atoms with Crippen LogP contribution in [0.4, 0.5) is 0 Å². The molecule has 4 bridgehead atoms. The van der Waals surface area contributed by atoms with Crippen LogP contribution in [-0.4, -0.2) is 10.7 Å². The van der Waals surface area contributed by atoms with Gasteiger partial charge in [0, 0.05) is 0 Å². The summed E-state index contributed by atoms with van der Waals surface area (Å²) in [5, 5.41) is 19.6. The van der Waals surface area contributed by atoms with Gasteiger partial charge in [-0.3, -0.25) is 0 Å². The Bertz CT molecular complexity index is 314. The summed E-state index contributed by atoms with van der Waals surface area (Å²) in [7, 11) is 0. The Morgan fingerprint density at radius 3 is 2.33 bits per heavy atom. The SMILES string of the molecule is CC12CC3CC(C1)C(O)(CC#N)C(C3)C2. The number of hydrogen-bond donors (Lipinski definition) is 1. The fourth-order valence-electron chi connectivity index (χ4n) is 4.88. The van der Waals surface area contributed by atoms with Gasteiger partial charge in [0.2, 0.25) is 0 Å². The first-order valence-corrected chi connectivity index (χ1v) is 6.15. The van der Waals surface area contributed by atoms with E-state index in [-0.39, 0.29) is 0 Å². The summed E-state index contributed by atoms with van der Waals surface area (Å²) in [5.74, 6) is 1.66. The van der Waals surface area contributed by atoms with Crippen LogP contribution in [0.1, 0.15) is 45.4 Å². The molecule has 2 unspecified atom stereocenters. The molecule has 0 aromatic rings. The molecule has 1 N–H and O–H groups in total. The van der Waals surface area contributed by atoms with Gasteiger partial charge in [-0.1, -0.05) is 6.92 Å². The highest BCUT2D eigenvalue weighted by Crippen LogP contribution is 2.63. The molecule has 2 nitrogen and oxygen atoms in total. The average molecular weight is 205 g/mol. The first-order chi connectivity index (χ1) is 7.06. The first-order valence-electron chi connectivity index (χ1n) is 6.15. The summed E-state index contributed by atoms with van der Waals surface area (Å²) in [4.78, 5) is 0. The zero-order valence-corrected chi connectivity index (χ0v) is 9.37. The third kappa shape index (κ3) is 1.19. The maximum absolute atomic E-state index is 10.7. The molecule has 2 heteroatoms. The highest BCUT2D eigenvalue weighted by molar-refractivity contribution is 5.12. The molecular weight excluding hydrogens is 186 g/mol. The second-order valence-corrected chi connectivity index (χ2v) is 6.48. The van der Waals surface area contributed by atoms with Crippen LogP contribution in [0, 0.1) is 34.5 Å². The van der Waals surface area contributed by atoms with E-state index in [1.54, 1.807) is 0 Å². The van der Waals surface area contributed by atoms with Gasteiger partial charge in [-0.15, -0.1) is 0 Å². The summed E-state index contributed by atoms with van der Waals surface area (Å²) < 4.78 is 0. The minimum Gasteiger partial charge on any atom is -0.388 e.